The number of carbonyl (C=O) groups excluding carboxylic acids is 2. The Hall–Kier alpha value is -0.920. The van der Waals surface area contributed by atoms with E-state index in [0.29, 0.717) is 5.57 Å². The highest BCUT2D eigenvalue weighted by Gasteiger charge is 2.28. The van der Waals surface area contributed by atoms with Gasteiger partial charge >= 0.3 is 0 Å². The van der Waals surface area contributed by atoms with Gasteiger partial charge in [0.2, 0.25) is 11.6 Å². The monoisotopic (exact) mass is 182 g/mol. The molecule has 0 unspecified atom stereocenters. The quantitative estimate of drug-likeness (QED) is 0.496. The van der Waals surface area contributed by atoms with Gasteiger partial charge in [-0.15, -0.1) is 0 Å². The van der Waals surface area contributed by atoms with Gasteiger partial charge in [-0.25, -0.2) is 0 Å². The van der Waals surface area contributed by atoms with E-state index in [1.807, 2.05) is 6.92 Å². The third-order valence-corrected chi connectivity index (χ3v) is 1.76. The van der Waals surface area contributed by atoms with E-state index in [2.05, 4.69) is 0 Å². The molecule has 2 heteroatoms. The molecular weight excluding hydrogens is 164 g/mol. The van der Waals surface area contributed by atoms with Crippen LogP contribution in [0.2, 0.25) is 0 Å². The van der Waals surface area contributed by atoms with Gasteiger partial charge in [-0.05, 0) is 18.9 Å². The summed E-state index contributed by atoms with van der Waals surface area (Å²) in [5, 5.41) is 0. The smallest absolute Gasteiger partial charge is 0.224 e. The van der Waals surface area contributed by atoms with E-state index in [1.165, 1.54) is 0 Å². The Labute approximate surface area is 80.0 Å². The first-order chi connectivity index (χ1) is 5.80. The first-order valence-electron chi connectivity index (χ1n) is 4.56. The van der Waals surface area contributed by atoms with Crippen LogP contribution in [0, 0.1) is 5.41 Å². The lowest BCUT2D eigenvalue weighted by atomic mass is 9.86. The Morgan fingerprint density at radius 2 is 1.69 bits per heavy atom. The lowest BCUT2D eigenvalue weighted by molar-refractivity contribution is -0.139. The van der Waals surface area contributed by atoms with E-state index < -0.39 is 5.41 Å². The molecular formula is C11H18O2. The average Bonchev–Trinajstić information content (AvgIpc) is 2.00. The van der Waals surface area contributed by atoms with Gasteiger partial charge in [-0.2, -0.15) is 0 Å². The molecule has 0 aromatic heterocycles. The molecule has 74 valence electrons. The average molecular weight is 182 g/mol. The van der Waals surface area contributed by atoms with Crippen LogP contribution in [0.25, 0.3) is 0 Å². The molecule has 0 atom stereocenters. The second-order valence-corrected chi connectivity index (χ2v) is 4.20. The van der Waals surface area contributed by atoms with Gasteiger partial charge < -0.3 is 0 Å². The van der Waals surface area contributed by atoms with Crippen molar-refractivity contribution in [3.05, 3.63) is 11.6 Å². The van der Waals surface area contributed by atoms with Crippen LogP contribution in [-0.4, -0.2) is 11.6 Å². The van der Waals surface area contributed by atoms with Gasteiger partial charge in [0.1, 0.15) is 0 Å². The van der Waals surface area contributed by atoms with Gasteiger partial charge in [-0.1, -0.05) is 33.8 Å². The van der Waals surface area contributed by atoms with Crippen molar-refractivity contribution in [1.82, 2.24) is 0 Å². The number of rotatable bonds is 3. The van der Waals surface area contributed by atoms with Crippen LogP contribution < -0.4 is 0 Å². The summed E-state index contributed by atoms with van der Waals surface area (Å²) in [6, 6.07) is 0. The van der Waals surface area contributed by atoms with Crippen molar-refractivity contribution in [3.63, 3.8) is 0 Å². The first-order valence-corrected chi connectivity index (χ1v) is 4.56. The molecule has 0 aliphatic rings. The van der Waals surface area contributed by atoms with Crippen molar-refractivity contribution in [2.75, 3.05) is 0 Å². The van der Waals surface area contributed by atoms with Crippen LogP contribution in [0.4, 0.5) is 0 Å². The molecule has 0 N–H and O–H groups in total. The molecule has 0 radical (unpaired) electrons. The van der Waals surface area contributed by atoms with Crippen molar-refractivity contribution in [3.8, 4) is 0 Å². The summed E-state index contributed by atoms with van der Waals surface area (Å²) in [7, 11) is 0. The number of Topliss-reactive ketones (excluding diaryl/α,β-unsaturated/α-hetero) is 2. The van der Waals surface area contributed by atoms with E-state index >= 15 is 0 Å². The van der Waals surface area contributed by atoms with Crippen LogP contribution >= 0.6 is 0 Å². The van der Waals surface area contributed by atoms with Gasteiger partial charge in [-0.3, -0.25) is 9.59 Å². The maximum atomic E-state index is 11.5. The van der Waals surface area contributed by atoms with Gasteiger partial charge in [0.05, 0.1) is 0 Å². The maximum absolute atomic E-state index is 11.5. The molecule has 0 aromatic carbocycles. The number of carbonyl (C=O) groups is 2. The van der Waals surface area contributed by atoms with Crippen molar-refractivity contribution >= 4 is 11.6 Å². The minimum atomic E-state index is -0.570. The fraction of sp³-hybridized carbons (Fsp3) is 0.636. The number of allylic oxidation sites excluding steroid dienone is 2. The van der Waals surface area contributed by atoms with Crippen LogP contribution in [0.1, 0.15) is 41.0 Å². The fourth-order valence-electron chi connectivity index (χ4n) is 0.919. The van der Waals surface area contributed by atoms with Crippen LogP contribution in [0.15, 0.2) is 11.6 Å². The topological polar surface area (TPSA) is 34.1 Å². The van der Waals surface area contributed by atoms with Gasteiger partial charge in [0.15, 0.2) is 0 Å². The molecule has 0 bridgehead atoms. The highest BCUT2D eigenvalue weighted by Crippen LogP contribution is 2.17. The standard InChI is InChI=1S/C11H18O2/c1-6-7-8(2)9(12)10(13)11(3,4)5/h7H,6H2,1-5H3. The minimum absolute atomic E-state index is 0.310. The van der Waals surface area contributed by atoms with Crippen LogP contribution in [0.5, 0.6) is 0 Å². The molecule has 0 aliphatic carbocycles. The Bertz CT molecular complexity index is 241. The maximum Gasteiger partial charge on any atom is 0.224 e. The lowest BCUT2D eigenvalue weighted by Crippen LogP contribution is -2.29. The predicted octanol–water partition coefficient (Wildman–Crippen LogP) is 2.53. The molecule has 0 aliphatic heterocycles. The minimum Gasteiger partial charge on any atom is -0.290 e. The second-order valence-electron chi connectivity index (χ2n) is 4.20. The van der Waals surface area contributed by atoms with Crippen molar-refractivity contribution in [1.29, 1.82) is 0 Å². The number of ketones is 2. The van der Waals surface area contributed by atoms with Gasteiger partial charge in [0, 0.05) is 5.41 Å². The summed E-state index contributed by atoms with van der Waals surface area (Å²) in [5.74, 6) is -0.663. The molecule has 0 spiro atoms. The lowest BCUT2D eigenvalue weighted by Gasteiger charge is -2.15. The Balaban J connectivity index is 4.64. The number of hydrogen-bond donors (Lipinski definition) is 0. The number of hydrogen-bond acceptors (Lipinski definition) is 2. The molecule has 0 amide bonds. The zero-order chi connectivity index (χ0) is 10.6. The first kappa shape index (κ1) is 12.1. The highest BCUT2D eigenvalue weighted by atomic mass is 16.2. The Morgan fingerprint density at radius 1 is 1.23 bits per heavy atom. The molecule has 0 saturated heterocycles. The molecule has 0 aromatic rings. The summed E-state index contributed by atoms with van der Waals surface area (Å²) in [6.07, 6.45) is 2.57. The van der Waals surface area contributed by atoms with Crippen LogP contribution in [-0.2, 0) is 9.59 Å². The van der Waals surface area contributed by atoms with E-state index in [9.17, 15) is 9.59 Å². The zero-order valence-corrected chi connectivity index (χ0v) is 9.10. The van der Waals surface area contributed by atoms with E-state index in [4.69, 9.17) is 0 Å². The third-order valence-electron chi connectivity index (χ3n) is 1.76. The summed E-state index contributed by atoms with van der Waals surface area (Å²) in [6.45, 7) is 8.90. The Kier molecular flexibility index (Phi) is 4.05. The molecule has 2 nitrogen and oxygen atoms in total. The predicted molar refractivity (Wildman–Crippen MR) is 53.5 cm³/mol. The molecule has 0 rings (SSSR count). The normalized spacial score (nSPS) is 12.8. The van der Waals surface area contributed by atoms with Crippen molar-refractivity contribution < 1.29 is 9.59 Å². The molecule has 0 fully saturated rings. The highest BCUT2D eigenvalue weighted by molar-refractivity contribution is 6.44. The zero-order valence-electron chi connectivity index (χ0n) is 9.10. The second kappa shape index (κ2) is 4.35. The van der Waals surface area contributed by atoms with E-state index in [1.54, 1.807) is 33.8 Å². The molecule has 13 heavy (non-hydrogen) atoms. The van der Waals surface area contributed by atoms with Gasteiger partial charge in [0.25, 0.3) is 0 Å². The molecule has 0 heterocycles. The van der Waals surface area contributed by atoms with Crippen molar-refractivity contribution in [2.24, 2.45) is 5.41 Å². The van der Waals surface area contributed by atoms with Crippen LogP contribution in [0.3, 0.4) is 0 Å². The summed E-state index contributed by atoms with van der Waals surface area (Å²) in [5.41, 5.74) is -0.0117. The largest absolute Gasteiger partial charge is 0.290 e. The summed E-state index contributed by atoms with van der Waals surface area (Å²) >= 11 is 0. The SMILES string of the molecule is CCC=C(C)C(=O)C(=O)C(C)(C)C. The Morgan fingerprint density at radius 3 is 2.00 bits per heavy atom. The summed E-state index contributed by atoms with van der Waals surface area (Å²) in [4.78, 5) is 23.0. The molecule has 0 saturated carbocycles. The van der Waals surface area contributed by atoms with Crippen molar-refractivity contribution in [2.45, 2.75) is 41.0 Å². The third kappa shape index (κ3) is 3.53. The van der Waals surface area contributed by atoms with E-state index in [-0.39, 0.29) is 11.6 Å². The summed E-state index contributed by atoms with van der Waals surface area (Å²) < 4.78 is 0. The fourth-order valence-corrected chi connectivity index (χ4v) is 0.919. The van der Waals surface area contributed by atoms with E-state index in [0.717, 1.165) is 6.42 Å².